The number of hydrogen-bond donors (Lipinski definition) is 0. The minimum absolute atomic E-state index is 0.0165. The molecule has 5 rings (SSSR count). The van der Waals surface area contributed by atoms with Gasteiger partial charge in [0.15, 0.2) is 0 Å². The van der Waals surface area contributed by atoms with Crippen molar-refractivity contribution < 1.29 is 0 Å². The third kappa shape index (κ3) is 1.93. The first-order chi connectivity index (χ1) is 11.4. The van der Waals surface area contributed by atoms with E-state index in [2.05, 4.69) is 90.6 Å². The molecule has 0 bridgehead atoms. The van der Waals surface area contributed by atoms with Crippen LogP contribution in [0.2, 0.25) is 0 Å². The summed E-state index contributed by atoms with van der Waals surface area (Å²) in [5.41, 5.74) is 7.25. The Morgan fingerprint density at radius 1 is 0.739 bits per heavy atom. The molecule has 1 aliphatic carbocycles. The van der Waals surface area contributed by atoms with Crippen molar-refractivity contribution in [3.63, 3.8) is 0 Å². The van der Waals surface area contributed by atoms with E-state index >= 15 is 0 Å². The molecule has 0 radical (unpaired) electrons. The van der Waals surface area contributed by atoms with Crippen LogP contribution in [0.3, 0.4) is 0 Å². The molecular weight excluding hydrogens is 296 g/mol. The smallest absolute Gasteiger partial charge is 0.0474 e. The number of benzene rings is 3. The Morgan fingerprint density at radius 2 is 1.26 bits per heavy atom. The molecule has 0 unspecified atom stereocenters. The van der Waals surface area contributed by atoms with Gasteiger partial charge in [0.2, 0.25) is 0 Å². The van der Waals surface area contributed by atoms with E-state index in [1.165, 1.54) is 40.0 Å². The molecule has 1 fully saturated rings. The highest BCUT2D eigenvalue weighted by Crippen LogP contribution is 2.57. The lowest BCUT2D eigenvalue weighted by Gasteiger charge is -2.33. The molecule has 3 aromatic rings. The molecule has 112 valence electrons. The lowest BCUT2D eigenvalue weighted by molar-refractivity contribution is 0.588. The Morgan fingerprint density at radius 3 is 1.83 bits per heavy atom. The van der Waals surface area contributed by atoms with Crippen molar-refractivity contribution in [3.8, 4) is 11.1 Å². The van der Waals surface area contributed by atoms with Crippen LogP contribution in [-0.2, 0) is 5.41 Å². The number of hydrogen-bond acceptors (Lipinski definition) is 1. The summed E-state index contributed by atoms with van der Waals surface area (Å²) in [6.45, 7) is 0. The first kappa shape index (κ1) is 13.4. The highest BCUT2D eigenvalue weighted by Gasteiger charge is 2.47. The fourth-order valence-corrected chi connectivity index (χ4v) is 4.85. The summed E-state index contributed by atoms with van der Waals surface area (Å²) in [6.07, 6.45) is 1.20. The Balaban J connectivity index is 1.86. The normalized spacial score (nSPS) is 19.9. The Hall–Kier alpha value is -1.99. The lowest BCUT2D eigenvalue weighted by Crippen LogP contribution is -2.28. The van der Waals surface area contributed by atoms with Crippen LogP contribution in [0.5, 0.6) is 0 Å². The van der Waals surface area contributed by atoms with E-state index in [4.69, 9.17) is 0 Å². The Kier molecular flexibility index (Phi) is 2.93. The topological polar surface area (TPSA) is 0 Å². The summed E-state index contributed by atoms with van der Waals surface area (Å²) in [5.74, 6) is 1.30. The average molecular weight is 314 g/mol. The maximum Gasteiger partial charge on any atom is 0.0474 e. The summed E-state index contributed by atoms with van der Waals surface area (Å²) in [6, 6.07) is 29.1. The van der Waals surface area contributed by atoms with Gasteiger partial charge in [-0.15, -0.1) is 0 Å². The van der Waals surface area contributed by atoms with E-state index < -0.39 is 0 Å². The number of thioether (sulfide) groups is 1. The van der Waals surface area contributed by atoms with Gasteiger partial charge in [0.05, 0.1) is 0 Å². The van der Waals surface area contributed by atoms with Gasteiger partial charge in [-0.2, -0.15) is 11.8 Å². The Bertz CT molecular complexity index is 816. The van der Waals surface area contributed by atoms with E-state index in [-0.39, 0.29) is 5.41 Å². The van der Waals surface area contributed by atoms with E-state index in [0.717, 1.165) is 5.25 Å². The van der Waals surface area contributed by atoms with Crippen LogP contribution in [0, 0.1) is 0 Å². The van der Waals surface area contributed by atoms with Crippen molar-refractivity contribution in [2.45, 2.75) is 17.1 Å². The fourth-order valence-electron chi connectivity index (χ4n) is 4.22. The predicted molar refractivity (Wildman–Crippen MR) is 99.1 cm³/mol. The highest BCUT2D eigenvalue weighted by molar-refractivity contribution is 8.06. The summed E-state index contributed by atoms with van der Waals surface area (Å²) in [4.78, 5) is 0. The van der Waals surface area contributed by atoms with Crippen molar-refractivity contribution in [1.82, 2.24) is 0 Å². The maximum atomic E-state index is 2.34. The zero-order chi connectivity index (χ0) is 15.3. The zero-order valence-corrected chi connectivity index (χ0v) is 13.7. The summed E-state index contributed by atoms with van der Waals surface area (Å²) in [5, 5.41) is 0.786. The van der Waals surface area contributed by atoms with E-state index in [1.807, 2.05) is 0 Å². The number of fused-ring (bicyclic) bond motifs is 3. The SMILES string of the molecule is c1ccc(C2(C[C@H]3CS3)c3ccccc3-c3ccccc32)cc1. The molecule has 1 saturated heterocycles. The molecular formula is C22H18S. The lowest BCUT2D eigenvalue weighted by atomic mass is 9.69. The van der Waals surface area contributed by atoms with E-state index in [0.29, 0.717) is 0 Å². The molecule has 1 heteroatoms. The zero-order valence-electron chi connectivity index (χ0n) is 12.9. The molecule has 23 heavy (non-hydrogen) atoms. The van der Waals surface area contributed by atoms with Crippen molar-refractivity contribution in [1.29, 1.82) is 0 Å². The first-order valence-electron chi connectivity index (χ1n) is 8.26. The molecule has 0 N–H and O–H groups in total. The van der Waals surface area contributed by atoms with Crippen molar-refractivity contribution in [3.05, 3.63) is 95.6 Å². The van der Waals surface area contributed by atoms with E-state index in [9.17, 15) is 0 Å². The minimum atomic E-state index is 0.0165. The first-order valence-corrected chi connectivity index (χ1v) is 9.31. The third-order valence-corrected chi connectivity index (χ3v) is 6.24. The standard InChI is InChI=1S/C22H18S/c1-2-8-16(9-3-1)22(14-17-15-23-17)20-12-6-4-10-18(20)19-11-5-7-13-21(19)22/h1-13,17H,14-15H2/t17-/m0/s1. The minimum Gasteiger partial charge on any atom is -0.157 e. The third-order valence-electron chi connectivity index (χ3n) is 5.27. The van der Waals surface area contributed by atoms with Crippen molar-refractivity contribution in [2.24, 2.45) is 0 Å². The fraction of sp³-hybridized carbons (Fsp3) is 0.182. The average Bonchev–Trinajstić information content (AvgIpc) is 3.40. The molecule has 1 atom stereocenters. The number of rotatable bonds is 3. The van der Waals surface area contributed by atoms with Crippen LogP contribution in [0.15, 0.2) is 78.9 Å². The van der Waals surface area contributed by atoms with Gasteiger partial charge in [0.25, 0.3) is 0 Å². The van der Waals surface area contributed by atoms with Gasteiger partial charge in [-0.3, -0.25) is 0 Å². The van der Waals surface area contributed by atoms with Crippen LogP contribution >= 0.6 is 11.8 Å². The van der Waals surface area contributed by atoms with Gasteiger partial charge >= 0.3 is 0 Å². The van der Waals surface area contributed by atoms with Crippen molar-refractivity contribution in [2.75, 3.05) is 5.75 Å². The van der Waals surface area contributed by atoms with Gasteiger partial charge in [-0.05, 0) is 34.2 Å². The van der Waals surface area contributed by atoms with Crippen molar-refractivity contribution >= 4 is 11.8 Å². The summed E-state index contributed by atoms with van der Waals surface area (Å²) >= 11 is 2.10. The van der Waals surface area contributed by atoms with Gasteiger partial charge in [-0.1, -0.05) is 78.9 Å². The summed E-state index contributed by atoms with van der Waals surface area (Å²) < 4.78 is 0. The van der Waals surface area contributed by atoms with Crippen LogP contribution in [0.4, 0.5) is 0 Å². The monoisotopic (exact) mass is 314 g/mol. The molecule has 0 spiro atoms. The highest BCUT2D eigenvalue weighted by atomic mass is 32.2. The van der Waals surface area contributed by atoms with Gasteiger partial charge in [0.1, 0.15) is 0 Å². The second kappa shape index (κ2) is 5.01. The maximum absolute atomic E-state index is 2.34. The van der Waals surface area contributed by atoms with Crippen LogP contribution in [0.1, 0.15) is 23.1 Å². The van der Waals surface area contributed by atoms with Crippen LogP contribution in [0.25, 0.3) is 11.1 Å². The van der Waals surface area contributed by atoms with Gasteiger partial charge < -0.3 is 0 Å². The molecule has 0 saturated carbocycles. The van der Waals surface area contributed by atoms with Gasteiger partial charge in [0, 0.05) is 16.4 Å². The van der Waals surface area contributed by atoms with E-state index in [1.54, 1.807) is 0 Å². The molecule has 0 aromatic heterocycles. The molecule has 0 amide bonds. The largest absolute Gasteiger partial charge is 0.157 e. The van der Waals surface area contributed by atoms with Crippen LogP contribution < -0.4 is 0 Å². The molecule has 2 aliphatic rings. The molecule has 1 aliphatic heterocycles. The van der Waals surface area contributed by atoms with Gasteiger partial charge in [-0.25, -0.2) is 0 Å². The second-order valence-electron chi connectivity index (χ2n) is 6.52. The quantitative estimate of drug-likeness (QED) is 0.575. The summed E-state index contributed by atoms with van der Waals surface area (Å²) in [7, 11) is 0. The molecule has 0 nitrogen and oxygen atoms in total. The molecule has 1 heterocycles. The second-order valence-corrected chi connectivity index (χ2v) is 7.86. The molecule has 3 aromatic carbocycles. The predicted octanol–water partition coefficient (Wildman–Crippen LogP) is 5.51. The van der Waals surface area contributed by atoms with Crippen LogP contribution in [-0.4, -0.2) is 11.0 Å². The Labute approximate surface area is 141 Å².